The number of benzene rings is 2. The third-order valence-electron chi connectivity index (χ3n) is 7.17. The van der Waals surface area contributed by atoms with Crippen LogP contribution in [-0.2, 0) is 15.0 Å². The molecule has 0 saturated carbocycles. The highest BCUT2D eigenvalue weighted by molar-refractivity contribution is 6.31. The zero-order valence-corrected chi connectivity index (χ0v) is 21.1. The molecule has 0 fully saturated rings. The van der Waals surface area contributed by atoms with E-state index in [0.29, 0.717) is 10.9 Å². The fourth-order valence-corrected chi connectivity index (χ4v) is 5.11. The third-order valence-corrected chi connectivity index (χ3v) is 7.17. The molecule has 1 aromatic heterocycles. The van der Waals surface area contributed by atoms with Crippen LogP contribution in [0.2, 0.25) is 0 Å². The zero-order chi connectivity index (χ0) is 27.8. The van der Waals surface area contributed by atoms with E-state index in [0.717, 1.165) is 6.08 Å². The number of anilines is 1. The quantitative estimate of drug-likeness (QED) is 0.132. The van der Waals surface area contributed by atoms with Crippen LogP contribution in [-0.4, -0.2) is 32.7 Å². The van der Waals surface area contributed by atoms with Crippen molar-refractivity contribution in [1.29, 1.82) is 0 Å². The summed E-state index contributed by atoms with van der Waals surface area (Å²) in [5.41, 5.74) is -2.24. The van der Waals surface area contributed by atoms with Gasteiger partial charge in [-0.2, -0.15) is 0 Å². The zero-order valence-electron chi connectivity index (χ0n) is 21.1. The van der Waals surface area contributed by atoms with E-state index in [9.17, 15) is 34.5 Å². The normalized spacial score (nSPS) is 19.6. The fourth-order valence-electron chi connectivity index (χ4n) is 5.11. The van der Waals surface area contributed by atoms with E-state index >= 15 is 0 Å². The number of ketones is 3. The Bertz CT molecular complexity index is 1770. The first-order valence-corrected chi connectivity index (χ1v) is 11.6. The lowest BCUT2D eigenvalue weighted by Crippen LogP contribution is -2.40. The Hall–Kier alpha value is -4.86. The molecular formula is C28H23NO9. The molecule has 2 aliphatic rings. The molecule has 194 valence electrons. The molecule has 0 bridgehead atoms. The first-order chi connectivity index (χ1) is 17.8. The Kier molecular flexibility index (Phi) is 5.27. The number of nitrogens with one attached hydrogen (secondary N) is 1. The number of carbonyl (C=O) groups excluding carboxylic acids is 3. The van der Waals surface area contributed by atoms with Crippen LogP contribution in [0.3, 0.4) is 0 Å². The predicted octanol–water partition coefficient (Wildman–Crippen LogP) is 3.80. The maximum absolute atomic E-state index is 14.0. The molecule has 0 unspecified atom stereocenters. The van der Waals surface area contributed by atoms with Gasteiger partial charge in [-0.25, -0.2) is 4.79 Å². The number of rotatable bonds is 3. The topological polar surface area (TPSA) is 163 Å². The summed E-state index contributed by atoms with van der Waals surface area (Å²) in [5, 5.41) is 35.4. The minimum Gasteiger partial charge on any atom is -0.507 e. The number of ether oxygens (including phenoxy) is 1. The van der Waals surface area contributed by atoms with Crippen molar-refractivity contribution in [2.75, 3.05) is 5.32 Å². The molecule has 0 spiro atoms. The Labute approximate surface area is 215 Å². The number of fused-ring (bicyclic) bond motifs is 4. The van der Waals surface area contributed by atoms with Gasteiger partial charge in [-0.1, -0.05) is 0 Å². The van der Waals surface area contributed by atoms with Crippen LogP contribution in [0, 0.1) is 13.8 Å². The molecular weight excluding hydrogens is 494 g/mol. The smallest absolute Gasteiger partial charge is 0.336 e. The molecule has 0 radical (unpaired) electrons. The summed E-state index contributed by atoms with van der Waals surface area (Å²) in [4.78, 5) is 51.5. The van der Waals surface area contributed by atoms with Crippen LogP contribution in [0.1, 0.15) is 47.8 Å². The average Bonchev–Trinajstić information content (AvgIpc) is 3.12. The number of phenolic OH excluding ortho intramolecular Hbond substituents is 3. The molecule has 1 aliphatic heterocycles. The number of carbonyl (C=O) groups is 3. The molecule has 2 heterocycles. The molecule has 2 aromatic carbocycles. The van der Waals surface area contributed by atoms with Crippen molar-refractivity contribution in [2.24, 2.45) is 0 Å². The Morgan fingerprint density at radius 2 is 1.71 bits per heavy atom. The molecule has 0 amide bonds. The number of allylic oxidation sites excluding steroid dienone is 4. The lowest BCUT2D eigenvalue weighted by atomic mass is 9.70. The van der Waals surface area contributed by atoms with Crippen LogP contribution >= 0.6 is 0 Å². The van der Waals surface area contributed by atoms with Crippen LogP contribution in [0.15, 0.2) is 50.5 Å². The molecule has 0 saturated heterocycles. The summed E-state index contributed by atoms with van der Waals surface area (Å²) in [6.45, 7) is 7.19. The van der Waals surface area contributed by atoms with Crippen molar-refractivity contribution >= 4 is 34.0 Å². The van der Waals surface area contributed by atoms with Crippen LogP contribution in [0.5, 0.6) is 23.0 Å². The van der Waals surface area contributed by atoms with Gasteiger partial charge in [-0.3, -0.25) is 14.4 Å². The fraction of sp³-hybridized carbons (Fsp3) is 0.214. The van der Waals surface area contributed by atoms with Gasteiger partial charge >= 0.3 is 5.63 Å². The van der Waals surface area contributed by atoms with Gasteiger partial charge in [-0.05, 0) is 52.3 Å². The Morgan fingerprint density at radius 1 is 1.03 bits per heavy atom. The number of aromatic hydroxyl groups is 3. The SMILES string of the molecule is CC(=O)c1c(O)c(C)c(O)c2c1OC1=CC(=O)/C(=C(\C)Nc3c(O)ccc4c(C)cc(=O)oc34)C(=O)[C@@]12C. The van der Waals surface area contributed by atoms with Crippen molar-refractivity contribution in [3.05, 3.63) is 74.0 Å². The lowest BCUT2D eigenvalue weighted by molar-refractivity contribution is -0.123. The minimum absolute atomic E-state index is 0.0145. The molecule has 10 nitrogen and oxygen atoms in total. The number of aryl methyl sites for hydroxylation is 1. The van der Waals surface area contributed by atoms with Gasteiger partial charge in [0.15, 0.2) is 22.9 Å². The van der Waals surface area contributed by atoms with E-state index in [4.69, 9.17) is 9.15 Å². The standard InChI is InChI=1S/C28H23NO9/c1-10-8-18(33)38-25-14(10)6-7-15(31)22(25)29-12(3)19-16(32)9-17-28(5,27(19)36)21-24(35)11(2)23(34)20(13(4)30)26(21)37-17/h6-9,29,31,34-35H,1-5H3/b19-12-/t28-/m0/s1. The summed E-state index contributed by atoms with van der Waals surface area (Å²) >= 11 is 0. The Balaban J connectivity index is 1.71. The van der Waals surface area contributed by atoms with Gasteiger partial charge in [0, 0.05) is 28.8 Å². The Morgan fingerprint density at radius 3 is 2.37 bits per heavy atom. The van der Waals surface area contributed by atoms with Gasteiger partial charge in [-0.15, -0.1) is 0 Å². The van der Waals surface area contributed by atoms with Crippen LogP contribution in [0.4, 0.5) is 5.69 Å². The summed E-state index contributed by atoms with van der Waals surface area (Å²) in [6, 6.07) is 4.26. The lowest BCUT2D eigenvalue weighted by Gasteiger charge is -2.29. The monoisotopic (exact) mass is 517 g/mol. The average molecular weight is 517 g/mol. The summed E-state index contributed by atoms with van der Waals surface area (Å²) in [6.07, 6.45) is 1.09. The molecule has 1 aliphatic carbocycles. The van der Waals surface area contributed by atoms with Crippen molar-refractivity contribution in [1.82, 2.24) is 0 Å². The van der Waals surface area contributed by atoms with Crippen molar-refractivity contribution in [3.63, 3.8) is 0 Å². The first-order valence-electron chi connectivity index (χ1n) is 11.6. The number of hydrogen-bond donors (Lipinski definition) is 4. The van der Waals surface area contributed by atoms with E-state index in [1.807, 2.05) is 0 Å². The number of Topliss-reactive ketones (excluding diaryl/α,β-unsaturated/α-hetero) is 2. The van der Waals surface area contributed by atoms with Crippen molar-refractivity contribution < 1.29 is 38.9 Å². The maximum Gasteiger partial charge on any atom is 0.336 e. The van der Waals surface area contributed by atoms with E-state index in [1.54, 1.807) is 13.0 Å². The summed E-state index contributed by atoms with van der Waals surface area (Å²) in [5.74, 6) is -3.51. The van der Waals surface area contributed by atoms with Gasteiger partial charge in [0.05, 0.1) is 11.1 Å². The van der Waals surface area contributed by atoms with Crippen LogP contribution in [0.25, 0.3) is 11.0 Å². The van der Waals surface area contributed by atoms with E-state index in [-0.39, 0.29) is 56.5 Å². The van der Waals surface area contributed by atoms with E-state index < -0.39 is 39.9 Å². The van der Waals surface area contributed by atoms with Gasteiger partial charge in [0.2, 0.25) is 0 Å². The molecule has 10 heteroatoms. The van der Waals surface area contributed by atoms with Gasteiger partial charge < -0.3 is 29.8 Å². The van der Waals surface area contributed by atoms with E-state index in [1.165, 1.54) is 39.8 Å². The largest absolute Gasteiger partial charge is 0.507 e. The number of phenols is 3. The van der Waals surface area contributed by atoms with E-state index in [2.05, 4.69) is 5.32 Å². The van der Waals surface area contributed by atoms with Crippen molar-refractivity contribution in [2.45, 2.75) is 40.0 Å². The highest BCUT2D eigenvalue weighted by Gasteiger charge is 2.56. The van der Waals surface area contributed by atoms with Crippen molar-refractivity contribution in [3.8, 4) is 23.0 Å². The molecule has 38 heavy (non-hydrogen) atoms. The second-order valence-electron chi connectivity index (χ2n) is 9.60. The van der Waals surface area contributed by atoms with Gasteiger partial charge in [0.25, 0.3) is 0 Å². The highest BCUT2D eigenvalue weighted by Crippen LogP contribution is 2.57. The third kappa shape index (κ3) is 3.19. The minimum atomic E-state index is -1.70. The molecule has 5 rings (SSSR count). The number of hydrogen-bond acceptors (Lipinski definition) is 10. The first kappa shape index (κ1) is 24.8. The molecule has 3 aromatic rings. The molecule has 4 N–H and O–H groups in total. The van der Waals surface area contributed by atoms with Crippen LogP contribution < -0.4 is 15.7 Å². The predicted molar refractivity (Wildman–Crippen MR) is 136 cm³/mol. The summed E-state index contributed by atoms with van der Waals surface area (Å²) < 4.78 is 11.1. The maximum atomic E-state index is 14.0. The van der Waals surface area contributed by atoms with Gasteiger partial charge in [0.1, 0.15) is 45.4 Å². The molecule has 1 atom stereocenters. The summed E-state index contributed by atoms with van der Waals surface area (Å²) in [7, 11) is 0. The second kappa shape index (κ2) is 8.07. The second-order valence-corrected chi connectivity index (χ2v) is 9.60. The highest BCUT2D eigenvalue weighted by atomic mass is 16.5.